The van der Waals surface area contributed by atoms with E-state index in [4.69, 9.17) is 4.74 Å². The van der Waals surface area contributed by atoms with E-state index in [0.717, 1.165) is 25.1 Å². The third-order valence-electron chi connectivity index (χ3n) is 3.20. The van der Waals surface area contributed by atoms with E-state index >= 15 is 0 Å². The molecule has 0 saturated heterocycles. The van der Waals surface area contributed by atoms with Crippen molar-refractivity contribution in [2.45, 2.75) is 58.4 Å². The minimum atomic E-state index is 0.506. The average molecular weight is 265 g/mol. The maximum atomic E-state index is 5.14. The first-order valence-corrected chi connectivity index (χ1v) is 7.38. The molecule has 1 atom stereocenters. The highest BCUT2D eigenvalue weighted by Crippen LogP contribution is 2.11. The van der Waals surface area contributed by atoms with E-state index in [0.29, 0.717) is 11.9 Å². The van der Waals surface area contributed by atoms with Gasteiger partial charge in [-0.3, -0.25) is 0 Å². The molecule has 0 amide bonds. The summed E-state index contributed by atoms with van der Waals surface area (Å²) in [7, 11) is 1.64. The summed E-state index contributed by atoms with van der Waals surface area (Å²) in [5, 5.41) is 3.61. The van der Waals surface area contributed by atoms with Crippen LogP contribution in [-0.2, 0) is 6.42 Å². The zero-order valence-electron chi connectivity index (χ0n) is 12.5. The van der Waals surface area contributed by atoms with E-state index in [2.05, 4.69) is 29.1 Å². The van der Waals surface area contributed by atoms with Gasteiger partial charge in [-0.15, -0.1) is 0 Å². The molecule has 1 aromatic rings. The first-order valence-electron chi connectivity index (χ1n) is 7.38. The molecule has 19 heavy (non-hydrogen) atoms. The van der Waals surface area contributed by atoms with Gasteiger partial charge in [-0.25, -0.2) is 9.97 Å². The lowest BCUT2D eigenvalue weighted by Gasteiger charge is -2.18. The number of hydrogen-bond donors (Lipinski definition) is 1. The summed E-state index contributed by atoms with van der Waals surface area (Å²) in [5.41, 5.74) is 1.05. The van der Waals surface area contributed by atoms with Gasteiger partial charge in [0.2, 0.25) is 5.88 Å². The maximum Gasteiger partial charge on any atom is 0.216 e. The molecule has 0 saturated carbocycles. The van der Waals surface area contributed by atoms with Crippen molar-refractivity contribution in [3.05, 3.63) is 18.1 Å². The number of methoxy groups -OCH3 is 1. The molecular formula is C15H27N3O. The molecule has 0 spiro atoms. The number of aromatic nitrogens is 2. The van der Waals surface area contributed by atoms with Crippen LogP contribution in [0.1, 0.15) is 51.6 Å². The van der Waals surface area contributed by atoms with Gasteiger partial charge in [-0.2, -0.15) is 0 Å². The van der Waals surface area contributed by atoms with E-state index < -0.39 is 0 Å². The van der Waals surface area contributed by atoms with E-state index in [-0.39, 0.29) is 0 Å². The SMILES string of the molecule is CCCCCC(Cc1cc(OC)ncn1)NCCC. The van der Waals surface area contributed by atoms with Gasteiger partial charge < -0.3 is 10.1 Å². The number of ether oxygens (including phenoxy) is 1. The largest absolute Gasteiger partial charge is 0.481 e. The summed E-state index contributed by atoms with van der Waals surface area (Å²) < 4.78 is 5.14. The van der Waals surface area contributed by atoms with Crippen LogP contribution in [0, 0.1) is 0 Å². The third-order valence-corrected chi connectivity index (χ3v) is 3.20. The predicted molar refractivity (Wildman–Crippen MR) is 78.5 cm³/mol. The highest BCUT2D eigenvalue weighted by atomic mass is 16.5. The molecule has 1 aromatic heterocycles. The molecule has 0 aromatic carbocycles. The fourth-order valence-corrected chi connectivity index (χ4v) is 2.12. The van der Waals surface area contributed by atoms with E-state index in [9.17, 15) is 0 Å². The zero-order valence-corrected chi connectivity index (χ0v) is 12.5. The molecule has 0 fully saturated rings. The summed E-state index contributed by atoms with van der Waals surface area (Å²) in [6.07, 6.45) is 8.75. The van der Waals surface area contributed by atoms with Crippen LogP contribution in [0.5, 0.6) is 5.88 Å². The molecule has 0 aliphatic carbocycles. The molecule has 0 radical (unpaired) electrons. The van der Waals surface area contributed by atoms with Crippen molar-refractivity contribution >= 4 is 0 Å². The van der Waals surface area contributed by atoms with Crippen molar-refractivity contribution in [2.24, 2.45) is 0 Å². The Hall–Kier alpha value is -1.16. The minimum absolute atomic E-state index is 0.506. The van der Waals surface area contributed by atoms with Gasteiger partial charge in [-0.05, 0) is 19.4 Å². The molecule has 1 rings (SSSR count). The molecule has 0 aliphatic heterocycles. The molecule has 1 unspecified atom stereocenters. The van der Waals surface area contributed by atoms with Gasteiger partial charge >= 0.3 is 0 Å². The predicted octanol–water partition coefficient (Wildman–Crippen LogP) is 2.98. The Morgan fingerprint density at radius 2 is 2.05 bits per heavy atom. The van der Waals surface area contributed by atoms with Crippen LogP contribution in [0.4, 0.5) is 0 Å². The van der Waals surface area contributed by atoms with E-state index in [1.165, 1.54) is 25.7 Å². The van der Waals surface area contributed by atoms with Crippen molar-refractivity contribution < 1.29 is 4.74 Å². The second-order valence-corrected chi connectivity index (χ2v) is 4.90. The van der Waals surface area contributed by atoms with Crippen LogP contribution in [0.3, 0.4) is 0 Å². The van der Waals surface area contributed by atoms with Crippen molar-refractivity contribution in [3.8, 4) is 5.88 Å². The van der Waals surface area contributed by atoms with Crippen molar-refractivity contribution in [3.63, 3.8) is 0 Å². The second-order valence-electron chi connectivity index (χ2n) is 4.90. The third kappa shape index (κ3) is 6.53. The Balaban J connectivity index is 2.53. The number of nitrogens with one attached hydrogen (secondary N) is 1. The fraction of sp³-hybridized carbons (Fsp3) is 0.733. The smallest absolute Gasteiger partial charge is 0.216 e. The van der Waals surface area contributed by atoms with Gasteiger partial charge in [0.1, 0.15) is 6.33 Å². The topological polar surface area (TPSA) is 47.0 Å². The number of unbranched alkanes of at least 4 members (excludes halogenated alkanes) is 2. The van der Waals surface area contributed by atoms with Crippen molar-refractivity contribution in [1.82, 2.24) is 15.3 Å². The molecule has 1 heterocycles. The number of nitrogens with zero attached hydrogens (tertiary/aromatic N) is 2. The van der Waals surface area contributed by atoms with Crippen LogP contribution in [0.25, 0.3) is 0 Å². The molecule has 4 heteroatoms. The van der Waals surface area contributed by atoms with Gasteiger partial charge in [0.15, 0.2) is 0 Å². The van der Waals surface area contributed by atoms with Crippen LogP contribution in [-0.4, -0.2) is 29.7 Å². The Labute approximate surface area is 117 Å². The monoisotopic (exact) mass is 265 g/mol. The summed E-state index contributed by atoms with van der Waals surface area (Å²) in [4.78, 5) is 8.38. The highest BCUT2D eigenvalue weighted by Gasteiger charge is 2.10. The maximum absolute atomic E-state index is 5.14. The molecule has 0 aliphatic rings. The minimum Gasteiger partial charge on any atom is -0.481 e. The van der Waals surface area contributed by atoms with Crippen molar-refractivity contribution in [2.75, 3.05) is 13.7 Å². The summed E-state index contributed by atoms with van der Waals surface area (Å²) in [6, 6.07) is 2.44. The molecule has 4 nitrogen and oxygen atoms in total. The van der Waals surface area contributed by atoms with Gasteiger partial charge in [-0.1, -0.05) is 33.1 Å². The van der Waals surface area contributed by atoms with Gasteiger partial charge in [0.25, 0.3) is 0 Å². The summed E-state index contributed by atoms with van der Waals surface area (Å²) in [6.45, 7) is 5.51. The molecule has 108 valence electrons. The van der Waals surface area contributed by atoms with E-state index in [1.54, 1.807) is 13.4 Å². The highest BCUT2D eigenvalue weighted by molar-refractivity contribution is 5.14. The van der Waals surface area contributed by atoms with Crippen LogP contribution in [0.2, 0.25) is 0 Å². The summed E-state index contributed by atoms with van der Waals surface area (Å²) >= 11 is 0. The van der Waals surface area contributed by atoms with Crippen LogP contribution in [0.15, 0.2) is 12.4 Å². The molecule has 1 N–H and O–H groups in total. The molecular weight excluding hydrogens is 238 g/mol. The average Bonchev–Trinajstić information content (AvgIpc) is 2.45. The van der Waals surface area contributed by atoms with Crippen LogP contribution >= 0.6 is 0 Å². The lowest BCUT2D eigenvalue weighted by atomic mass is 10.0. The Morgan fingerprint density at radius 1 is 1.21 bits per heavy atom. The zero-order chi connectivity index (χ0) is 13.9. The van der Waals surface area contributed by atoms with Crippen molar-refractivity contribution in [1.29, 1.82) is 0 Å². The number of rotatable bonds is 10. The normalized spacial score (nSPS) is 12.4. The standard InChI is InChI=1S/C15H27N3O/c1-4-6-7-8-13(16-9-5-2)10-14-11-15(19-3)18-12-17-14/h11-13,16H,4-10H2,1-3H3. The lowest BCUT2D eigenvalue weighted by molar-refractivity contribution is 0.394. The Bertz CT molecular complexity index is 344. The first-order chi connectivity index (χ1) is 9.30. The summed E-state index contributed by atoms with van der Waals surface area (Å²) in [5.74, 6) is 0.646. The molecule has 0 bridgehead atoms. The quantitative estimate of drug-likeness (QED) is 0.661. The fourth-order valence-electron chi connectivity index (χ4n) is 2.12. The van der Waals surface area contributed by atoms with Gasteiger partial charge in [0.05, 0.1) is 7.11 Å². The van der Waals surface area contributed by atoms with Gasteiger partial charge in [0, 0.05) is 24.2 Å². The lowest BCUT2D eigenvalue weighted by Crippen LogP contribution is -2.32. The second kappa shape index (κ2) is 9.73. The first kappa shape index (κ1) is 15.9. The Morgan fingerprint density at radius 3 is 2.74 bits per heavy atom. The van der Waals surface area contributed by atoms with Crippen LogP contribution < -0.4 is 10.1 Å². The number of hydrogen-bond acceptors (Lipinski definition) is 4. The Kier molecular flexibility index (Phi) is 8.14. The van der Waals surface area contributed by atoms with E-state index in [1.807, 2.05) is 6.07 Å².